The molecule has 1 aromatic rings. The number of halogens is 2. The van der Waals surface area contributed by atoms with Crippen molar-refractivity contribution in [2.45, 2.75) is 12.8 Å². The molecule has 1 unspecified atom stereocenters. The van der Waals surface area contributed by atoms with Crippen LogP contribution in [0.3, 0.4) is 0 Å². The fourth-order valence-electron chi connectivity index (χ4n) is 2.54. The van der Waals surface area contributed by atoms with Crippen LogP contribution in [0.4, 0.5) is 0 Å². The highest BCUT2D eigenvalue weighted by Crippen LogP contribution is 2.27. The zero-order valence-corrected chi connectivity index (χ0v) is 12.5. The number of piperidine rings is 1. The fraction of sp³-hybridized carbons (Fsp3) is 0.500. The summed E-state index contributed by atoms with van der Waals surface area (Å²) < 4.78 is 0. The maximum Gasteiger partial charge on any atom is 0.255 e. The number of amides is 1. The second-order valence-electron chi connectivity index (χ2n) is 4.92. The first-order valence-electron chi connectivity index (χ1n) is 6.51. The van der Waals surface area contributed by atoms with Gasteiger partial charge in [0.1, 0.15) is 0 Å². The van der Waals surface area contributed by atoms with Crippen LogP contribution in [0.2, 0.25) is 10.0 Å². The fourth-order valence-corrected chi connectivity index (χ4v) is 2.93. The van der Waals surface area contributed by atoms with E-state index in [9.17, 15) is 4.79 Å². The molecule has 1 heterocycles. The number of rotatable bonds is 3. The minimum Gasteiger partial charge on any atom is -0.338 e. The molecule has 104 valence electrons. The SMILES string of the molecule is CNCC1CCCN(C(=O)c2cccc(Cl)c2Cl)C1. The monoisotopic (exact) mass is 300 g/mol. The molecule has 0 radical (unpaired) electrons. The van der Waals surface area contributed by atoms with E-state index in [0.29, 0.717) is 21.5 Å². The Hall–Kier alpha value is -0.770. The van der Waals surface area contributed by atoms with Gasteiger partial charge in [-0.1, -0.05) is 29.3 Å². The number of carbonyl (C=O) groups excluding carboxylic acids is 1. The van der Waals surface area contributed by atoms with E-state index in [4.69, 9.17) is 23.2 Å². The summed E-state index contributed by atoms with van der Waals surface area (Å²) >= 11 is 12.1. The van der Waals surface area contributed by atoms with Crippen LogP contribution in [-0.2, 0) is 0 Å². The van der Waals surface area contributed by atoms with Gasteiger partial charge in [-0.05, 0) is 44.5 Å². The number of hydrogen-bond donors (Lipinski definition) is 1. The topological polar surface area (TPSA) is 32.3 Å². The van der Waals surface area contributed by atoms with Crippen LogP contribution in [0.15, 0.2) is 18.2 Å². The number of hydrogen-bond acceptors (Lipinski definition) is 2. The van der Waals surface area contributed by atoms with E-state index in [1.807, 2.05) is 11.9 Å². The lowest BCUT2D eigenvalue weighted by molar-refractivity contribution is 0.0674. The molecule has 1 fully saturated rings. The van der Waals surface area contributed by atoms with Gasteiger partial charge in [-0.25, -0.2) is 0 Å². The smallest absolute Gasteiger partial charge is 0.255 e. The standard InChI is InChI=1S/C14H18Cl2N2O/c1-17-8-10-4-3-7-18(9-10)14(19)11-5-2-6-12(15)13(11)16/h2,5-6,10,17H,3-4,7-9H2,1H3. The van der Waals surface area contributed by atoms with Crippen LogP contribution in [0.25, 0.3) is 0 Å². The quantitative estimate of drug-likeness (QED) is 0.930. The maximum absolute atomic E-state index is 12.5. The molecule has 1 N–H and O–H groups in total. The summed E-state index contributed by atoms with van der Waals surface area (Å²) in [6, 6.07) is 5.19. The van der Waals surface area contributed by atoms with Gasteiger partial charge in [0.15, 0.2) is 0 Å². The maximum atomic E-state index is 12.5. The van der Waals surface area contributed by atoms with E-state index in [1.165, 1.54) is 0 Å². The molecule has 0 spiro atoms. The third-order valence-electron chi connectivity index (χ3n) is 3.48. The zero-order chi connectivity index (χ0) is 13.8. The first-order valence-corrected chi connectivity index (χ1v) is 7.27. The minimum atomic E-state index is -0.0201. The van der Waals surface area contributed by atoms with Gasteiger partial charge in [0.05, 0.1) is 15.6 Å². The van der Waals surface area contributed by atoms with Crippen molar-refractivity contribution < 1.29 is 4.79 Å². The Morgan fingerprint density at radius 2 is 2.26 bits per heavy atom. The molecule has 0 saturated carbocycles. The van der Waals surface area contributed by atoms with E-state index >= 15 is 0 Å². The van der Waals surface area contributed by atoms with Crippen LogP contribution < -0.4 is 5.32 Å². The molecular weight excluding hydrogens is 283 g/mol. The number of carbonyl (C=O) groups is 1. The summed E-state index contributed by atoms with van der Waals surface area (Å²) in [4.78, 5) is 14.4. The largest absolute Gasteiger partial charge is 0.338 e. The molecule has 3 nitrogen and oxygen atoms in total. The Morgan fingerprint density at radius 3 is 3.00 bits per heavy atom. The van der Waals surface area contributed by atoms with E-state index in [0.717, 1.165) is 32.5 Å². The molecule has 1 amide bonds. The molecule has 1 aliphatic rings. The highest BCUT2D eigenvalue weighted by Gasteiger charge is 2.25. The van der Waals surface area contributed by atoms with Crippen molar-refractivity contribution >= 4 is 29.1 Å². The highest BCUT2D eigenvalue weighted by molar-refractivity contribution is 6.43. The van der Waals surface area contributed by atoms with E-state index < -0.39 is 0 Å². The summed E-state index contributed by atoms with van der Waals surface area (Å²) in [7, 11) is 1.94. The van der Waals surface area contributed by atoms with Gasteiger partial charge >= 0.3 is 0 Å². The summed E-state index contributed by atoms with van der Waals surface area (Å²) in [6.07, 6.45) is 2.20. The van der Waals surface area contributed by atoms with Crippen LogP contribution in [0.5, 0.6) is 0 Å². The van der Waals surface area contributed by atoms with Crippen molar-refractivity contribution in [1.82, 2.24) is 10.2 Å². The van der Waals surface area contributed by atoms with Crippen molar-refractivity contribution in [2.75, 3.05) is 26.7 Å². The summed E-state index contributed by atoms with van der Waals surface area (Å²) in [5.74, 6) is 0.494. The predicted octanol–water partition coefficient (Wildman–Crippen LogP) is 3.07. The average Bonchev–Trinajstić information content (AvgIpc) is 2.42. The van der Waals surface area contributed by atoms with Crippen molar-refractivity contribution in [3.05, 3.63) is 33.8 Å². The first-order chi connectivity index (χ1) is 9.13. The number of benzene rings is 1. The Morgan fingerprint density at radius 1 is 1.47 bits per heavy atom. The first kappa shape index (κ1) is 14.6. The number of likely N-dealkylation sites (tertiary alicyclic amines) is 1. The minimum absolute atomic E-state index is 0.0201. The van der Waals surface area contributed by atoms with Crippen LogP contribution in [-0.4, -0.2) is 37.5 Å². The van der Waals surface area contributed by atoms with E-state index in [-0.39, 0.29) is 5.91 Å². The van der Waals surface area contributed by atoms with Gasteiger partial charge in [0.2, 0.25) is 0 Å². The molecule has 1 aliphatic heterocycles. The van der Waals surface area contributed by atoms with Crippen molar-refractivity contribution in [2.24, 2.45) is 5.92 Å². The van der Waals surface area contributed by atoms with Crippen molar-refractivity contribution in [1.29, 1.82) is 0 Å². The highest BCUT2D eigenvalue weighted by atomic mass is 35.5. The molecule has 0 aliphatic carbocycles. The second kappa shape index (κ2) is 6.60. The third-order valence-corrected chi connectivity index (χ3v) is 4.30. The number of nitrogens with zero attached hydrogens (tertiary/aromatic N) is 1. The van der Waals surface area contributed by atoms with Gasteiger partial charge in [-0.3, -0.25) is 4.79 Å². The Bertz CT molecular complexity index is 463. The average molecular weight is 301 g/mol. The number of nitrogens with one attached hydrogen (secondary N) is 1. The van der Waals surface area contributed by atoms with Gasteiger partial charge < -0.3 is 10.2 Å². The Balaban J connectivity index is 2.12. The zero-order valence-electron chi connectivity index (χ0n) is 11.0. The summed E-state index contributed by atoms with van der Waals surface area (Å²) in [5, 5.41) is 3.95. The Labute approximate surface area is 123 Å². The van der Waals surface area contributed by atoms with E-state index in [1.54, 1.807) is 18.2 Å². The molecule has 1 atom stereocenters. The van der Waals surface area contributed by atoms with E-state index in [2.05, 4.69) is 5.32 Å². The molecule has 5 heteroatoms. The molecule has 0 aromatic heterocycles. The molecule has 2 rings (SSSR count). The molecule has 19 heavy (non-hydrogen) atoms. The molecule has 0 bridgehead atoms. The van der Waals surface area contributed by atoms with Crippen LogP contribution >= 0.6 is 23.2 Å². The van der Waals surface area contributed by atoms with Crippen LogP contribution in [0.1, 0.15) is 23.2 Å². The predicted molar refractivity (Wildman–Crippen MR) is 79.0 cm³/mol. The third kappa shape index (κ3) is 3.41. The van der Waals surface area contributed by atoms with Gasteiger partial charge in [0.25, 0.3) is 5.91 Å². The lowest BCUT2D eigenvalue weighted by Crippen LogP contribution is -2.42. The van der Waals surface area contributed by atoms with Gasteiger partial charge in [-0.15, -0.1) is 0 Å². The lowest BCUT2D eigenvalue weighted by atomic mass is 9.97. The van der Waals surface area contributed by atoms with Gasteiger partial charge in [0, 0.05) is 13.1 Å². The van der Waals surface area contributed by atoms with Crippen molar-refractivity contribution in [3.8, 4) is 0 Å². The van der Waals surface area contributed by atoms with Gasteiger partial charge in [-0.2, -0.15) is 0 Å². The normalized spacial score (nSPS) is 19.5. The lowest BCUT2D eigenvalue weighted by Gasteiger charge is -2.33. The molecule has 1 aromatic carbocycles. The Kier molecular flexibility index (Phi) is 5.08. The summed E-state index contributed by atoms with van der Waals surface area (Å²) in [6.45, 7) is 2.51. The van der Waals surface area contributed by atoms with Crippen LogP contribution in [0, 0.1) is 5.92 Å². The van der Waals surface area contributed by atoms with Crippen molar-refractivity contribution in [3.63, 3.8) is 0 Å². The summed E-state index contributed by atoms with van der Waals surface area (Å²) in [5.41, 5.74) is 0.499. The second-order valence-corrected chi connectivity index (χ2v) is 5.70. The molecule has 1 saturated heterocycles. The molecular formula is C14H18Cl2N2O.